The minimum Gasteiger partial charge on any atom is -0.490 e. The first kappa shape index (κ1) is 22.0. The molecule has 0 spiro atoms. The molecule has 2 fully saturated rings. The van der Waals surface area contributed by atoms with Crippen LogP contribution >= 0.6 is 11.6 Å². The Morgan fingerprint density at radius 1 is 1.12 bits per heavy atom. The van der Waals surface area contributed by atoms with Gasteiger partial charge >= 0.3 is 0 Å². The van der Waals surface area contributed by atoms with E-state index in [0.717, 1.165) is 25.7 Å². The molecular formula is C23H24ClN5O3. The predicted octanol–water partition coefficient (Wildman–Crippen LogP) is 3.97. The van der Waals surface area contributed by atoms with Crippen molar-refractivity contribution in [3.05, 3.63) is 52.5 Å². The Hall–Kier alpha value is -3.18. The van der Waals surface area contributed by atoms with E-state index in [1.54, 1.807) is 30.3 Å². The molecule has 1 saturated carbocycles. The number of piperidine rings is 1. The van der Waals surface area contributed by atoms with E-state index >= 15 is 0 Å². The summed E-state index contributed by atoms with van der Waals surface area (Å²) in [6.45, 7) is 8.33. The summed E-state index contributed by atoms with van der Waals surface area (Å²) in [7, 11) is 0. The van der Waals surface area contributed by atoms with Gasteiger partial charge in [-0.1, -0.05) is 17.7 Å². The largest absolute Gasteiger partial charge is 0.490 e. The van der Waals surface area contributed by atoms with Gasteiger partial charge in [-0.05, 0) is 49.9 Å². The number of ketones is 1. The lowest BCUT2D eigenvalue weighted by Gasteiger charge is -2.29. The molecule has 8 nitrogen and oxygen atoms in total. The number of hydrogen-bond donors (Lipinski definition) is 1. The van der Waals surface area contributed by atoms with Crippen LogP contribution in [0.15, 0.2) is 30.3 Å². The first-order valence-electron chi connectivity index (χ1n) is 10.8. The number of nitrogens with one attached hydrogen (secondary N) is 1. The number of rotatable bonds is 5. The number of benzene rings is 1. The predicted molar refractivity (Wildman–Crippen MR) is 120 cm³/mol. The highest BCUT2D eigenvalue weighted by molar-refractivity contribution is 6.33. The molecule has 1 amide bonds. The Balaban J connectivity index is 1.25. The second-order valence-electron chi connectivity index (χ2n) is 8.09. The smallest absolute Gasteiger partial charge is 0.272 e. The zero-order valence-corrected chi connectivity index (χ0v) is 18.3. The topological polar surface area (TPSA) is 88.8 Å². The Morgan fingerprint density at radius 2 is 1.88 bits per heavy atom. The summed E-state index contributed by atoms with van der Waals surface area (Å²) in [5, 5.41) is 11.7. The van der Waals surface area contributed by atoms with Gasteiger partial charge in [-0.15, -0.1) is 10.2 Å². The third-order valence-corrected chi connectivity index (χ3v) is 6.18. The highest BCUT2D eigenvalue weighted by Gasteiger charge is 2.25. The average Bonchev–Trinajstić information content (AvgIpc) is 2.81. The van der Waals surface area contributed by atoms with E-state index in [9.17, 15) is 9.59 Å². The van der Waals surface area contributed by atoms with Crippen LogP contribution in [0.1, 0.15) is 49.0 Å². The minimum absolute atomic E-state index is 0.0495. The second-order valence-corrected chi connectivity index (χ2v) is 8.50. The number of carbonyl (C=O) groups is 2. The maximum atomic E-state index is 12.6. The lowest BCUT2D eigenvalue weighted by molar-refractivity contribution is -0.119. The maximum Gasteiger partial charge on any atom is 0.272 e. The summed E-state index contributed by atoms with van der Waals surface area (Å²) in [4.78, 5) is 29.3. The monoisotopic (exact) mass is 453 g/mol. The zero-order chi connectivity index (χ0) is 22.5. The quantitative estimate of drug-likeness (QED) is 0.689. The van der Waals surface area contributed by atoms with E-state index in [0.29, 0.717) is 48.2 Å². The fourth-order valence-corrected chi connectivity index (χ4v) is 4.24. The molecule has 32 heavy (non-hydrogen) atoms. The summed E-state index contributed by atoms with van der Waals surface area (Å²) in [5.74, 6) is 1.38. The standard InChI is InChI=1S/C23H24ClN5O3/c1-25-20-7-6-18(14-19(20)24)32-17-4-2-15(3-5-17)26-23(31)21-8-9-22(28-27-21)29-12-10-16(30)11-13-29/h6-9,14-15,17H,2-5,10-13H2,(H,26,31). The molecule has 0 atom stereocenters. The number of Topliss-reactive ketones (excluding diaryl/α,β-unsaturated/α-hetero) is 1. The summed E-state index contributed by atoms with van der Waals surface area (Å²) in [6.07, 6.45) is 4.32. The van der Waals surface area contributed by atoms with Crippen LogP contribution in [0.5, 0.6) is 5.75 Å². The molecule has 0 bridgehead atoms. The van der Waals surface area contributed by atoms with E-state index in [2.05, 4.69) is 20.4 Å². The number of aromatic nitrogens is 2. The van der Waals surface area contributed by atoms with Crippen molar-refractivity contribution in [2.45, 2.75) is 50.7 Å². The van der Waals surface area contributed by atoms with E-state index in [4.69, 9.17) is 22.9 Å². The number of ether oxygens (including phenoxy) is 1. The molecular weight excluding hydrogens is 430 g/mol. The Bertz CT molecular complexity index is 1020. The number of hydrogen-bond acceptors (Lipinski definition) is 6. The summed E-state index contributed by atoms with van der Waals surface area (Å²) in [6, 6.07) is 8.62. The van der Waals surface area contributed by atoms with Crippen molar-refractivity contribution in [1.29, 1.82) is 0 Å². The van der Waals surface area contributed by atoms with Gasteiger partial charge in [0.2, 0.25) is 5.69 Å². The fraction of sp³-hybridized carbons (Fsp3) is 0.435. The molecule has 2 aliphatic rings. The van der Waals surface area contributed by atoms with Gasteiger partial charge < -0.3 is 15.0 Å². The molecule has 1 saturated heterocycles. The minimum atomic E-state index is -0.233. The van der Waals surface area contributed by atoms with Crippen molar-refractivity contribution in [2.75, 3.05) is 18.0 Å². The number of carbonyl (C=O) groups excluding carboxylic acids is 2. The summed E-state index contributed by atoms with van der Waals surface area (Å²) < 4.78 is 6.00. The Labute approximate surface area is 191 Å². The second kappa shape index (κ2) is 9.96. The van der Waals surface area contributed by atoms with Crippen molar-refractivity contribution in [2.24, 2.45) is 0 Å². The Kier molecular flexibility index (Phi) is 6.86. The van der Waals surface area contributed by atoms with Crippen LogP contribution in [0.2, 0.25) is 5.02 Å². The van der Waals surface area contributed by atoms with E-state index in [1.165, 1.54) is 0 Å². The number of amides is 1. The van der Waals surface area contributed by atoms with Crippen LogP contribution in [-0.4, -0.2) is 47.1 Å². The van der Waals surface area contributed by atoms with Crippen molar-refractivity contribution < 1.29 is 14.3 Å². The average molecular weight is 454 g/mol. The van der Waals surface area contributed by atoms with Crippen LogP contribution in [0.4, 0.5) is 11.5 Å². The van der Waals surface area contributed by atoms with Crippen molar-refractivity contribution >= 4 is 34.8 Å². The van der Waals surface area contributed by atoms with Gasteiger partial charge in [0, 0.05) is 32.0 Å². The molecule has 1 N–H and O–H groups in total. The SMILES string of the molecule is [C-]#[N+]c1ccc(OC2CCC(NC(=O)c3ccc(N4CCC(=O)CC4)nn3)CC2)cc1Cl. The highest BCUT2D eigenvalue weighted by Crippen LogP contribution is 2.31. The molecule has 0 unspecified atom stereocenters. The van der Waals surface area contributed by atoms with E-state index < -0.39 is 0 Å². The van der Waals surface area contributed by atoms with E-state index in [-0.39, 0.29) is 29.5 Å². The summed E-state index contributed by atoms with van der Waals surface area (Å²) in [5.41, 5.74) is 0.697. The van der Waals surface area contributed by atoms with Crippen LogP contribution in [0.25, 0.3) is 4.85 Å². The van der Waals surface area contributed by atoms with Crippen molar-refractivity contribution in [3.8, 4) is 5.75 Å². The molecule has 166 valence electrons. The highest BCUT2D eigenvalue weighted by atomic mass is 35.5. The zero-order valence-electron chi connectivity index (χ0n) is 17.6. The number of halogens is 1. The molecule has 1 aliphatic heterocycles. The summed E-state index contributed by atoms with van der Waals surface area (Å²) >= 11 is 6.08. The molecule has 1 aromatic carbocycles. The lowest BCUT2D eigenvalue weighted by atomic mass is 9.93. The van der Waals surface area contributed by atoms with Gasteiger partial charge in [0.25, 0.3) is 5.91 Å². The fourth-order valence-electron chi connectivity index (χ4n) is 4.03. The van der Waals surface area contributed by atoms with E-state index in [1.807, 2.05) is 4.90 Å². The normalized spacial score (nSPS) is 21.0. The maximum absolute atomic E-state index is 12.6. The number of anilines is 1. The van der Waals surface area contributed by atoms with Gasteiger partial charge in [0.05, 0.1) is 17.7 Å². The molecule has 2 aromatic rings. The molecule has 4 rings (SSSR count). The third-order valence-electron chi connectivity index (χ3n) is 5.88. The molecule has 0 radical (unpaired) electrons. The third kappa shape index (κ3) is 5.35. The van der Waals surface area contributed by atoms with Gasteiger partial charge in [-0.2, -0.15) is 0 Å². The van der Waals surface area contributed by atoms with Gasteiger partial charge in [-0.25, -0.2) is 4.85 Å². The molecule has 1 aliphatic carbocycles. The van der Waals surface area contributed by atoms with Gasteiger partial charge in [-0.3, -0.25) is 9.59 Å². The van der Waals surface area contributed by atoms with Crippen LogP contribution in [0.3, 0.4) is 0 Å². The lowest BCUT2D eigenvalue weighted by Crippen LogP contribution is -2.40. The Morgan fingerprint density at radius 3 is 2.50 bits per heavy atom. The molecule has 1 aromatic heterocycles. The van der Waals surface area contributed by atoms with Crippen molar-refractivity contribution in [1.82, 2.24) is 15.5 Å². The first-order valence-corrected chi connectivity index (χ1v) is 11.1. The van der Waals surface area contributed by atoms with Crippen LogP contribution in [0, 0.1) is 6.57 Å². The van der Waals surface area contributed by atoms with Gasteiger partial charge in [0.1, 0.15) is 11.5 Å². The molecule has 2 heterocycles. The van der Waals surface area contributed by atoms with Gasteiger partial charge in [0.15, 0.2) is 11.5 Å². The van der Waals surface area contributed by atoms with Crippen LogP contribution < -0.4 is 15.0 Å². The molecule has 9 heteroatoms. The first-order chi connectivity index (χ1) is 15.5. The van der Waals surface area contributed by atoms with Crippen molar-refractivity contribution in [3.63, 3.8) is 0 Å². The number of nitrogens with zero attached hydrogens (tertiary/aromatic N) is 4. The van der Waals surface area contributed by atoms with Crippen LogP contribution in [-0.2, 0) is 4.79 Å².